The highest BCUT2D eigenvalue weighted by molar-refractivity contribution is 5.35. The molecule has 1 aliphatic rings. The van der Waals surface area contributed by atoms with Gasteiger partial charge in [-0.3, -0.25) is 0 Å². The molecule has 1 unspecified atom stereocenters. The molecule has 76 valence electrons. The van der Waals surface area contributed by atoms with Crippen molar-refractivity contribution in [1.29, 1.82) is 0 Å². The number of nitrogens with one attached hydrogen (secondary N) is 2. The summed E-state index contributed by atoms with van der Waals surface area (Å²) in [5.74, 6) is 0.743. The highest BCUT2D eigenvalue weighted by Crippen LogP contribution is 2.14. The molecule has 0 aliphatic carbocycles. The minimum absolute atomic E-state index is 0.518. The molecule has 0 spiro atoms. The van der Waals surface area contributed by atoms with E-state index in [4.69, 9.17) is 0 Å². The van der Waals surface area contributed by atoms with E-state index >= 15 is 0 Å². The van der Waals surface area contributed by atoms with E-state index in [9.17, 15) is 4.39 Å². The van der Waals surface area contributed by atoms with Crippen LogP contribution in [0.5, 0.6) is 0 Å². The molecular formula is C11H15FN2. The van der Waals surface area contributed by atoms with Crippen LogP contribution in [-0.4, -0.2) is 6.17 Å². The molecule has 1 aliphatic heterocycles. The summed E-state index contributed by atoms with van der Waals surface area (Å²) in [6.07, 6.45) is 2.33. The average Bonchev–Trinajstić information content (AvgIpc) is 2.15. The highest BCUT2D eigenvalue weighted by atomic mass is 19.1. The molecule has 1 rings (SSSR count). The van der Waals surface area contributed by atoms with Crippen LogP contribution < -0.4 is 10.6 Å². The summed E-state index contributed by atoms with van der Waals surface area (Å²) in [5, 5.41) is 5.97. The summed E-state index contributed by atoms with van der Waals surface area (Å²) in [6.45, 7) is 10.8. The van der Waals surface area contributed by atoms with Crippen LogP contribution in [0, 0.1) is 0 Å². The molecule has 14 heavy (non-hydrogen) atoms. The minimum atomic E-state index is -1.03. The monoisotopic (exact) mass is 194 g/mol. The van der Waals surface area contributed by atoms with Crippen LogP contribution in [0.1, 0.15) is 13.8 Å². The Morgan fingerprint density at radius 1 is 1.57 bits per heavy atom. The Morgan fingerprint density at radius 2 is 2.21 bits per heavy atom. The number of halogens is 1. The fourth-order valence-electron chi connectivity index (χ4n) is 1.11. The van der Waals surface area contributed by atoms with Crippen molar-refractivity contribution in [2.24, 2.45) is 0 Å². The third-order valence-electron chi connectivity index (χ3n) is 2.01. The van der Waals surface area contributed by atoms with E-state index in [1.807, 2.05) is 6.92 Å². The van der Waals surface area contributed by atoms with Gasteiger partial charge in [0.2, 0.25) is 0 Å². The topological polar surface area (TPSA) is 24.1 Å². The van der Waals surface area contributed by atoms with E-state index in [2.05, 4.69) is 23.8 Å². The van der Waals surface area contributed by atoms with E-state index in [0.717, 1.165) is 11.4 Å². The van der Waals surface area contributed by atoms with Crippen molar-refractivity contribution in [3.63, 3.8) is 0 Å². The molecule has 2 nitrogen and oxygen atoms in total. The molecule has 0 fully saturated rings. The van der Waals surface area contributed by atoms with Gasteiger partial charge in [0.05, 0.1) is 5.70 Å². The van der Waals surface area contributed by atoms with Crippen molar-refractivity contribution >= 4 is 0 Å². The van der Waals surface area contributed by atoms with Crippen LogP contribution in [-0.2, 0) is 0 Å². The summed E-state index contributed by atoms with van der Waals surface area (Å²) in [6, 6.07) is 0. The average molecular weight is 194 g/mol. The quantitative estimate of drug-likeness (QED) is 0.705. The molecule has 3 heteroatoms. The number of hydrogen-bond donors (Lipinski definition) is 2. The Labute approximate surface area is 83.9 Å². The van der Waals surface area contributed by atoms with Crippen LogP contribution >= 0.6 is 0 Å². The van der Waals surface area contributed by atoms with Gasteiger partial charge >= 0.3 is 0 Å². The van der Waals surface area contributed by atoms with E-state index in [1.54, 1.807) is 12.2 Å². The number of hydrogen-bond acceptors (Lipinski definition) is 2. The first-order chi connectivity index (χ1) is 6.54. The lowest BCUT2D eigenvalue weighted by Gasteiger charge is -2.24. The predicted molar refractivity (Wildman–Crippen MR) is 57.0 cm³/mol. The summed E-state index contributed by atoms with van der Waals surface area (Å²) >= 11 is 0. The second-order valence-corrected chi connectivity index (χ2v) is 3.25. The molecule has 0 bridgehead atoms. The summed E-state index contributed by atoms with van der Waals surface area (Å²) < 4.78 is 13.1. The van der Waals surface area contributed by atoms with Gasteiger partial charge in [0.15, 0.2) is 0 Å². The molecule has 0 saturated heterocycles. The molecule has 0 aromatic rings. The maximum atomic E-state index is 13.1. The highest BCUT2D eigenvalue weighted by Gasteiger charge is 2.15. The lowest BCUT2D eigenvalue weighted by Crippen LogP contribution is -2.33. The predicted octanol–water partition coefficient (Wildman–Crippen LogP) is 2.35. The van der Waals surface area contributed by atoms with Crippen molar-refractivity contribution in [2.45, 2.75) is 20.0 Å². The SMILES string of the molecule is C=C/C(C)=C1\NC(=C)C=C(C(C)F)N1. The Morgan fingerprint density at radius 3 is 2.71 bits per heavy atom. The van der Waals surface area contributed by atoms with E-state index < -0.39 is 6.17 Å². The molecule has 0 amide bonds. The summed E-state index contributed by atoms with van der Waals surface area (Å²) in [7, 11) is 0. The van der Waals surface area contributed by atoms with Gasteiger partial charge in [-0.1, -0.05) is 19.2 Å². The Balaban J connectivity index is 2.97. The number of allylic oxidation sites excluding steroid dienone is 4. The second kappa shape index (κ2) is 4.13. The first-order valence-electron chi connectivity index (χ1n) is 4.46. The van der Waals surface area contributed by atoms with Crippen molar-refractivity contribution < 1.29 is 4.39 Å². The Bertz CT molecular complexity index is 324. The van der Waals surface area contributed by atoms with Crippen LogP contribution in [0.2, 0.25) is 0 Å². The maximum Gasteiger partial charge on any atom is 0.137 e. The molecule has 0 aromatic carbocycles. The van der Waals surface area contributed by atoms with Gasteiger partial charge in [0.1, 0.15) is 12.0 Å². The van der Waals surface area contributed by atoms with Crippen LogP contribution in [0.25, 0.3) is 0 Å². The van der Waals surface area contributed by atoms with Gasteiger partial charge in [-0.25, -0.2) is 4.39 Å². The molecule has 0 aromatic heterocycles. The lowest BCUT2D eigenvalue weighted by atomic mass is 10.2. The van der Waals surface area contributed by atoms with Crippen molar-refractivity contribution in [1.82, 2.24) is 10.6 Å². The molecule has 1 heterocycles. The lowest BCUT2D eigenvalue weighted by molar-refractivity contribution is 0.393. The van der Waals surface area contributed by atoms with Crippen LogP contribution in [0.3, 0.4) is 0 Å². The molecular weight excluding hydrogens is 179 g/mol. The van der Waals surface area contributed by atoms with Gasteiger partial charge in [-0.15, -0.1) is 0 Å². The standard InChI is InChI=1S/C11H15FN2/c1-5-7(2)11-13-8(3)6-10(14-11)9(4)12/h5-6,9,13-14H,1,3H2,2,4H3/b11-7+. The largest absolute Gasteiger partial charge is 0.342 e. The molecule has 0 saturated carbocycles. The molecule has 0 radical (unpaired) electrons. The fraction of sp³-hybridized carbons (Fsp3) is 0.273. The fourth-order valence-corrected chi connectivity index (χ4v) is 1.11. The summed E-state index contributed by atoms with van der Waals surface area (Å²) in [5.41, 5.74) is 2.13. The first kappa shape index (κ1) is 10.6. The van der Waals surface area contributed by atoms with E-state index in [0.29, 0.717) is 11.4 Å². The smallest absolute Gasteiger partial charge is 0.137 e. The third kappa shape index (κ3) is 2.25. The summed E-state index contributed by atoms with van der Waals surface area (Å²) in [4.78, 5) is 0. The molecule has 2 N–H and O–H groups in total. The van der Waals surface area contributed by atoms with Gasteiger partial charge in [-0.2, -0.15) is 0 Å². The van der Waals surface area contributed by atoms with Gasteiger partial charge in [0.25, 0.3) is 0 Å². The van der Waals surface area contributed by atoms with Gasteiger partial charge in [0, 0.05) is 5.70 Å². The normalized spacial score (nSPS) is 21.6. The number of alkyl halides is 1. The Hall–Kier alpha value is -1.51. The van der Waals surface area contributed by atoms with Crippen LogP contribution in [0.4, 0.5) is 4.39 Å². The maximum absolute atomic E-state index is 13.1. The zero-order valence-corrected chi connectivity index (χ0v) is 8.52. The van der Waals surface area contributed by atoms with Gasteiger partial charge < -0.3 is 10.6 Å². The number of rotatable bonds is 2. The zero-order chi connectivity index (χ0) is 10.7. The van der Waals surface area contributed by atoms with Gasteiger partial charge in [-0.05, 0) is 25.5 Å². The zero-order valence-electron chi connectivity index (χ0n) is 8.52. The second-order valence-electron chi connectivity index (χ2n) is 3.25. The molecule has 1 atom stereocenters. The van der Waals surface area contributed by atoms with E-state index in [1.165, 1.54) is 6.92 Å². The third-order valence-corrected chi connectivity index (χ3v) is 2.01. The minimum Gasteiger partial charge on any atom is -0.342 e. The van der Waals surface area contributed by atoms with Crippen molar-refractivity contribution in [3.8, 4) is 0 Å². The Kier molecular flexibility index (Phi) is 3.12. The van der Waals surface area contributed by atoms with Crippen molar-refractivity contribution in [3.05, 3.63) is 48.1 Å². The van der Waals surface area contributed by atoms with E-state index in [-0.39, 0.29) is 0 Å². The van der Waals surface area contributed by atoms with Crippen molar-refractivity contribution in [2.75, 3.05) is 0 Å². The first-order valence-corrected chi connectivity index (χ1v) is 4.46. The van der Waals surface area contributed by atoms with Crippen LogP contribution in [0.15, 0.2) is 48.1 Å².